The number of nitrogens with one attached hydrogen (secondary N) is 2. The lowest BCUT2D eigenvalue weighted by Crippen LogP contribution is -2.52. The molecule has 4 aromatic rings. The highest BCUT2D eigenvalue weighted by Gasteiger charge is 2.42. The number of carbonyl (C=O) groups is 11. The van der Waals surface area contributed by atoms with Gasteiger partial charge in [0.25, 0.3) is 27.8 Å². The summed E-state index contributed by atoms with van der Waals surface area (Å²) in [5.74, 6) is -1.26. The number of ether oxygens (including phenoxy) is 6. The summed E-state index contributed by atoms with van der Waals surface area (Å²) >= 11 is 0. The van der Waals surface area contributed by atoms with Gasteiger partial charge in [0.1, 0.15) is 57.8 Å². The first-order chi connectivity index (χ1) is 52.9. The molecule has 7 aliphatic heterocycles. The van der Waals surface area contributed by atoms with Crippen molar-refractivity contribution >= 4 is 75.6 Å². The van der Waals surface area contributed by atoms with Crippen LogP contribution in [0, 0.1) is 24.7 Å². The first kappa shape index (κ1) is 88.7. The SMILES string of the molecule is CC(C)(C)OC(=O)CCC(C(N)=O)N1Cc2cc(O)ccc2C1=O.CC(C)(C)OC(=O)CCC(C(N)=O)N1Cc2cc(OCC3CCN(C(=O)OC(C)(C)C)CC3)ccc2C1=O.Cc1ccc(S(=O)(=O)OCC2CCN(C(=O)OC(C)(C)C)CC2)cc1.O=C1CCC(N2Cc3cc(OCC4CCNCC4)ccc3C2=O)C(=O)N1. The Morgan fingerprint density at radius 2 is 0.920 bits per heavy atom. The zero-order valence-electron chi connectivity index (χ0n) is 67.4. The summed E-state index contributed by atoms with van der Waals surface area (Å²) in [5, 5.41) is 15.2. The van der Waals surface area contributed by atoms with Gasteiger partial charge in [-0.3, -0.25) is 52.7 Å². The molecule has 3 atom stereocenters. The number of phenolic OH excluding ortho intramolecular Hbond substituents is 1. The molecule has 113 heavy (non-hydrogen) atoms. The van der Waals surface area contributed by atoms with Crippen LogP contribution >= 0.6 is 0 Å². The molecule has 4 saturated heterocycles. The molecule has 7 aliphatic rings. The Morgan fingerprint density at radius 3 is 1.35 bits per heavy atom. The van der Waals surface area contributed by atoms with Gasteiger partial charge in [-0.05, 0) is 262 Å². The molecule has 31 heteroatoms. The second-order valence-electron chi connectivity index (χ2n) is 33.5. The maximum Gasteiger partial charge on any atom is 0.410 e. The number of primary amides is 2. The van der Waals surface area contributed by atoms with Crippen molar-refractivity contribution in [3.8, 4) is 17.2 Å². The number of carbonyl (C=O) groups excluding carboxylic acids is 11. The number of benzene rings is 4. The third-order valence-electron chi connectivity index (χ3n) is 19.5. The van der Waals surface area contributed by atoms with Crippen LogP contribution in [0.1, 0.15) is 213 Å². The Labute approximate surface area is 662 Å². The molecule has 0 bridgehead atoms. The van der Waals surface area contributed by atoms with E-state index in [2.05, 4.69) is 10.6 Å². The van der Waals surface area contributed by atoms with Crippen molar-refractivity contribution in [2.45, 2.75) is 232 Å². The molecule has 7 heterocycles. The molecular weight excluding hydrogens is 1480 g/mol. The standard InChI is InChI=1S/C28H41N3O7.C19H23N3O4.C18H27NO5S.C17H22N2O5/c1-27(2,3)37-23(32)10-9-22(24(29)33)31-16-19-15-20(7-8-21(19)25(31)34)36-17-18-11-13-30(14-12-18)26(35)38-28(4,5)6;23-17-4-3-16(18(24)21-17)22-10-13-9-14(1-2-15(13)19(22)25)26-11-12-5-7-20-8-6-12;1-14-5-7-16(8-6-14)25(21,22)23-13-15-9-11-19(12-10-15)17(20)24-18(2,3)4;1-17(2,3)24-14(21)7-6-13(15(18)22)19-9-10-8-11(20)4-5-12(10)16(19)23/h7-8,15,18,22H,9-14,16-17H2,1-6H3,(H2,29,33);1-2,9,12,16,20H,3-8,10-11H2,(H,21,23,24);5-8,15H,9-13H2,1-4H3;4-5,8,13,20H,6-7,9H2,1-3H3,(H2,18,22). The van der Waals surface area contributed by atoms with E-state index < -0.39 is 74.4 Å². The smallest absolute Gasteiger partial charge is 0.410 e. The van der Waals surface area contributed by atoms with Crippen LogP contribution in [0.4, 0.5) is 9.59 Å². The number of aromatic hydroxyl groups is 1. The van der Waals surface area contributed by atoms with E-state index in [1.165, 1.54) is 28.0 Å². The maximum atomic E-state index is 13.0. The number of phenols is 1. The highest BCUT2D eigenvalue weighted by Crippen LogP contribution is 2.35. The largest absolute Gasteiger partial charge is 0.508 e. The highest BCUT2D eigenvalue weighted by molar-refractivity contribution is 7.86. The predicted molar refractivity (Wildman–Crippen MR) is 415 cm³/mol. The molecule has 30 nitrogen and oxygen atoms in total. The third kappa shape index (κ3) is 26.6. The topological polar surface area (TPSA) is 399 Å². The normalized spacial score (nSPS) is 18.2. The zero-order valence-corrected chi connectivity index (χ0v) is 68.2. The second-order valence-corrected chi connectivity index (χ2v) is 35.1. The first-order valence-corrected chi connectivity index (χ1v) is 40.1. The summed E-state index contributed by atoms with van der Waals surface area (Å²) in [6.07, 6.45) is 5.44. The van der Waals surface area contributed by atoms with Crippen LogP contribution in [0.15, 0.2) is 83.8 Å². The quantitative estimate of drug-likeness (QED) is 0.0224. The van der Waals surface area contributed by atoms with Gasteiger partial charge in [-0.15, -0.1) is 0 Å². The van der Waals surface area contributed by atoms with Crippen LogP contribution in [-0.4, -0.2) is 203 Å². The number of hydrogen-bond acceptors (Lipinski definition) is 22. The maximum absolute atomic E-state index is 13.0. The fraction of sp³-hybridized carbons (Fsp3) is 0.573. The Balaban J connectivity index is 0.000000192. The minimum atomic E-state index is -3.74. The Kier molecular flexibility index (Phi) is 30.1. The molecular formula is C82H113N9O21S. The average Bonchev–Trinajstić information content (AvgIpc) is 1.65. The average molecular weight is 1590 g/mol. The highest BCUT2D eigenvalue weighted by atomic mass is 32.2. The van der Waals surface area contributed by atoms with Gasteiger partial charge in [0, 0.05) is 81.8 Å². The predicted octanol–water partition coefficient (Wildman–Crippen LogP) is 9.14. The van der Waals surface area contributed by atoms with Crippen LogP contribution in [0.2, 0.25) is 0 Å². The molecule has 4 fully saturated rings. The van der Waals surface area contributed by atoms with Crippen LogP contribution in [0.3, 0.4) is 0 Å². The summed E-state index contributed by atoms with van der Waals surface area (Å²) in [6.45, 7) is 30.0. The molecule has 3 unspecified atom stereocenters. The Morgan fingerprint density at radius 1 is 0.513 bits per heavy atom. The Hall–Kier alpha value is -9.88. The van der Waals surface area contributed by atoms with Gasteiger partial charge in [-0.1, -0.05) is 17.7 Å². The van der Waals surface area contributed by atoms with Crippen molar-refractivity contribution in [2.24, 2.45) is 29.2 Å². The number of esters is 2. The van der Waals surface area contributed by atoms with Gasteiger partial charge in [0.15, 0.2) is 0 Å². The van der Waals surface area contributed by atoms with Crippen LogP contribution in [-0.2, 0) is 81.7 Å². The van der Waals surface area contributed by atoms with Crippen molar-refractivity contribution in [1.82, 2.24) is 35.1 Å². The molecule has 0 radical (unpaired) electrons. The van der Waals surface area contributed by atoms with Crippen molar-refractivity contribution in [3.05, 3.63) is 118 Å². The van der Waals surface area contributed by atoms with Crippen molar-refractivity contribution in [1.29, 1.82) is 0 Å². The van der Waals surface area contributed by atoms with Crippen molar-refractivity contribution in [2.75, 3.05) is 59.1 Å². The molecule has 11 rings (SSSR count). The lowest BCUT2D eigenvalue weighted by molar-refractivity contribution is -0.156. The van der Waals surface area contributed by atoms with Gasteiger partial charge in [-0.25, -0.2) is 9.59 Å². The van der Waals surface area contributed by atoms with E-state index in [0.29, 0.717) is 105 Å². The molecule has 618 valence electrons. The number of likely N-dealkylation sites (tertiary alicyclic amines) is 2. The number of imide groups is 1. The summed E-state index contributed by atoms with van der Waals surface area (Å²) in [4.78, 5) is 142. The number of fused-ring (bicyclic) bond motifs is 3. The monoisotopic (exact) mass is 1590 g/mol. The number of amides is 9. The van der Waals surface area contributed by atoms with Gasteiger partial charge >= 0.3 is 24.1 Å². The fourth-order valence-corrected chi connectivity index (χ4v) is 14.7. The number of rotatable bonds is 21. The lowest BCUT2D eigenvalue weighted by atomic mass is 9.98. The van der Waals surface area contributed by atoms with E-state index >= 15 is 0 Å². The second kappa shape index (κ2) is 38.3. The van der Waals surface area contributed by atoms with E-state index in [-0.39, 0.29) is 110 Å². The van der Waals surface area contributed by atoms with E-state index in [0.717, 1.165) is 61.2 Å². The van der Waals surface area contributed by atoms with Gasteiger partial charge in [0.2, 0.25) is 23.6 Å². The number of piperidine rings is 4. The molecule has 0 aliphatic carbocycles. The number of nitrogens with two attached hydrogens (primary N) is 2. The molecule has 0 spiro atoms. The molecule has 0 aromatic heterocycles. The molecule has 7 N–H and O–H groups in total. The summed E-state index contributed by atoms with van der Waals surface area (Å²) in [6, 6.07) is 19.4. The fourth-order valence-electron chi connectivity index (χ4n) is 13.7. The third-order valence-corrected chi connectivity index (χ3v) is 20.8. The zero-order chi connectivity index (χ0) is 83.1. The van der Waals surface area contributed by atoms with Crippen molar-refractivity contribution < 1.29 is 98.9 Å². The Bertz CT molecular complexity index is 4220. The van der Waals surface area contributed by atoms with E-state index in [4.69, 9.17) is 44.1 Å². The summed E-state index contributed by atoms with van der Waals surface area (Å²) < 4.78 is 62.9. The minimum absolute atomic E-state index is 0.0176. The van der Waals surface area contributed by atoms with E-state index in [1.807, 2.05) is 66.7 Å². The van der Waals surface area contributed by atoms with Crippen LogP contribution < -0.4 is 31.6 Å². The first-order valence-electron chi connectivity index (χ1n) is 38.6. The van der Waals surface area contributed by atoms with Crippen LogP contribution in [0.25, 0.3) is 0 Å². The van der Waals surface area contributed by atoms with Gasteiger partial charge < -0.3 is 74.8 Å². The molecule has 0 saturated carbocycles. The number of hydrogen-bond donors (Lipinski definition) is 5. The van der Waals surface area contributed by atoms with E-state index in [1.54, 1.807) is 98.7 Å². The van der Waals surface area contributed by atoms with E-state index in [9.17, 15) is 66.3 Å². The molecule has 4 aromatic carbocycles. The van der Waals surface area contributed by atoms with Gasteiger partial charge in [0.05, 0.1) is 24.7 Å². The molecule has 9 amide bonds. The van der Waals surface area contributed by atoms with Crippen molar-refractivity contribution in [3.63, 3.8) is 0 Å². The van der Waals surface area contributed by atoms with Gasteiger partial charge in [-0.2, -0.15) is 8.42 Å². The number of aryl methyl sites for hydroxylation is 1. The summed E-state index contributed by atoms with van der Waals surface area (Å²) in [7, 11) is -3.74. The number of nitrogens with zero attached hydrogens (tertiary/aromatic N) is 5. The van der Waals surface area contributed by atoms with Crippen LogP contribution in [0.5, 0.6) is 17.2 Å². The lowest BCUT2D eigenvalue weighted by Gasteiger charge is -2.33. The summed E-state index contributed by atoms with van der Waals surface area (Å²) in [5.41, 5.74) is 13.5. The minimum Gasteiger partial charge on any atom is -0.508 e.